The normalized spacial score (nSPS) is 10.5. The van der Waals surface area contributed by atoms with Crippen molar-refractivity contribution >= 4 is 22.9 Å². The van der Waals surface area contributed by atoms with E-state index in [9.17, 15) is 0 Å². The van der Waals surface area contributed by atoms with Crippen LogP contribution in [0, 0.1) is 0 Å². The van der Waals surface area contributed by atoms with Gasteiger partial charge in [-0.15, -0.1) is 11.3 Å². The Labute approximate surface area is 98.7 Å². The first kappa shape index (κ1) is 10.7. The maximum Gasteiger partial charge on any atom is 0.0450 e. The summed E-state index contributed by atoms with van der Waals surface area (Å²) in [5.41, 5.74) is 1.15. The van der Waals surface area contributed by atoms with Gasteiger partial charge in [0.2, 0.25) is 0 Å². The first-order valence-electron chi connectivity index (χ1n) is 4.83. The highest BCUT2D eigenvalue weighted by atomic mass is 35.5. The van der Waals surface area contributed by atoms with Crippen LogP contribution in [0.1, 0.15) is 10.4 Å². The Morgan fingerprint density at radius 2 is 1.93 bits per heavy atom. The van der Waals surface area contributed by atoms with Crippen LogP contribution in [-0.4, -0.2) is 0 Å². The van der Waals surface area contributed by atoms with Gasteiger partial charge in [0.25, 0.3) is 0 Å². The van der Waals surface area contributed by atoms with Gasteiger partial charge in [-0.1, -0.05) is 35.9 Å². The lowest BCUT2D eigenvalue weighted by Gasteiger charge is -2.04. The van der Waals surface area contributed by atoms with E-state index in [0.717, 1.165) is 23.7 Å². The third-order valence-corrected chi connectivity index (χ3v) is 3.40. The molecule has 0 bridgehead atoms. The molecule has 0 fully saturated rings. The van der Waals surface area contributed by atoms with Crippen LogP contribution >= 0.6 is 22.9 Å². The second-order valence-corrected chi connectivity index (χ2v) is 4.71. The Kier molecular flexibility index (Phi) is 3.78. The summed E-state index contributed by atoms with van der Waals surface area (Å²) in [6, 6.07) is 12.1. The first-order valence-corrected chi connectivity index (χ1v) is 6.08. The van der Waals surface area contributed by atoms with Gasteiger partial charge in [-0.25, -0.2) is 0 Å². The Hall–Kier alpha value is -0.830. The van der Waals surface area contributed by atoms with Gasteiger partial charge in [-0.05, 0) is 23.1 Å². The van der Waals surface area contributed by atoms with Crippen LogP contribution in [0.5, 0.6) is 0 Å². The molecule has 0 radical (unpaired) electrons. The molecule has 15 heavy (non-hydrogen) atoms. The molecule has 0 unspecified atom stereocenters. The van der Waals surface area contributed by atoms with Crippen LogP contribution in [-0.2, 0) is 13.1 Å². The molecule has 1 N–H and O–H groups in total. The van der Waals surface area contributed by atoms with Crippen LogP contribution in [0.25, 0.3) is 0 Å². The van der Waals surface area contributed by atoms with E-state index in [1.54, 1.807) is 11.3 Å². The number of hydrogen-bond acceptors (Lipinski definition) is 2. The molecule has 0 aliphatic rings. The maximum atomic E-state index is 6.05. The molecule has 1 aromatic carbocycles. The monoisotopic (exact) mass is 237 g/mol. The molecule has 0 atom stereocenters. The third-order valence-electron chi connectivity index (χ3n) is 2.15. The number of nitrogens with one attached hydrogen (secondary N) is 1. The van der Waals surface area contributed by atoms with E-state index in [4.69, 9.17) is 11.6 Å². The molecule has 0 spiro atoms. The number of hydrogen-bond donors (Lipinski definition) is 1. The molecular weight excluding hydrogens is 226 g/mol. The summed E-state index contributed by atoms with van der Waals surface area (Å²) in [4.78, 5) is 1.35. The summed E-state index contributed by atoms with van der Waals surface area (Å²) < 4.78 is 0. The molecule has 0 aliphatic carbocycles. The summed E-state index contributed by atoms with van der Waals surface area (Å²) in [7, 11) is 0. The number of rotatable bonds is 4. The second-order valence-electron chi connectivity index (χ2n) is 3.27. The SMILES string of the molecule is Clc1ccccc1CNCc1cccs1. The third kappa shape index (κ3) is 3.06. The molecule has 0 saturated heterocycles. The molecule has 2 aromatic rings. The summed E-state index contributed by atoms with van der Waals surface area (Å²) in [6.45, 7) is 1.72. The smallest absolute Gasteiger partial charge is 0.0450 e. The van der Waals surface area contributed by atoms with Crippen molar-refractivity contribution in [2.45, 2.75) is 13.1 Å². The van der Waals surface area contributed by atoms with Gasteiger partial charge < -0.3 is 5.32 Å². The molecule has 2 rings (SSSR count). The van der Waals surface area contributed by atoms with E-state index in [-0.39, 0.29) is 0 Å². The van der Waals surface area contributed by atoms with Gasteiger partial charge in [-0.2, -0.15) is 0 Å². The van der Waals surface area contributed by atoms with E-state index in [2.05, 4.69) is 22.8 Å². The van der Waals surface area contributed by atoms with Crippen LogP contribution in [0.4, 0.5) is 0 Å². The lowest BCUT2D eigenvalue weighted by Crippen LogP contribution is -2.11. The minimum absolute atomic E-state index is 0.817. The molecule has 1 nitrogen and oxygen atoms in total. The lowest BCUT2D eigenvalue weighted by atomic mass is 10.2. The van der Waals surface area contributed by atoms with Crippen LogP contribution in [0.15, 0.2) is 41.8 Å². The minimum atomic E-state index is 0.817. The van der Waals surface area contributed by atoms with Crippen LogP contribution in [0.3, 0.4) is 0 Å². The average molecular weight is 238 g/mol. The predicted molar refractivity (Wildman–Crippen MR) is 66.3 cm³/mol. The second kappa shape index (κ2) is 5.31. The molecule has 3 heteroatoms. The summed E-state index contributed by atoms with van der Waals surface area (Å²) in [5.74, 6) is 0. The quantitative estimate of drug-likeness (QED) is 0.855. The highest BCUT2D eigenvalue weighted by molar-refractivity contribution is 7.09. The summed E-state index contributed by atoms with van der Waals surface area (Å²) in [5, 5.41) is 6.29. The van der Waals surface area contributed by atoms with Crippen molar-refractivity contribution in [2.75, 3.05) is 0 Å². The van der Waals surface area contributed by atoms with E-state index < -0.39 is 0 Å². The van der Waals surface area contributed by atoms with Gasteiger partial charge in [-0.3, -0.25) is 0 Å². The standard InChI is InChI=1S/C12H12ClNS/c13-12-6-2-1-4-10(12)8-14-9-11-5-3-7-15-11/h1-7,14H,8-9H2. The minimum Gasteiger partial charge on any atom is -0.308 e. The molecule has 78 valence electrons. The average Bonchev–Trinajstić information content (AvgIpc) is 2.74. The van der Waals surface area contributed by atoms with Crippen molar-refractivity contribution in [1.82, 2.24) is 5.32 Å². The molecule has 0 saturated carbocycles. The maximum absolute atomic E-state index is 6.05. The highest BCUT2D eigenvalue weighted by Crippen LogP contribution is 2.15. The molecule has 1 aromatic heterocycles. The zero-order chi connectivity index (χ0) is 10.5. The number of thiophene rings is 1. The van der Waals surface area contributed by atoms with Gasteiger partial charge in [0, 0.05) is 23.0 Å². The summed E-state index contributed by atoms with van der Waals surface area (Å²) in [6.07, 6.45) is 0. The topological polar surface area (TPSA) is 12.0 Å². The zero-order valence-corrected chi connectivity index (χ0v) is 9.81. The lowest BCUT2D eigenvalue weighted by molar-refractivity contribution is 0.701. The zero-order valence-electron chi connectivity index (χ0n) is 8.24. The van der Waals surface area contributed by atoms with Gasteiger partial charge in [0.05, 0.1) is 0 Å². The Balaban J connectivity index is 1.86. The fraction of sp³-hybridized carbons (Fsp3) is 0.167. The van der Waals surface area contributed by atoms with Crippen LogP contribution < -0.4 is 5.32 Å². The van der Waals surface area contributed by atoms with Crippen molar-refractivity contribution in [3.05, 3.63) is 57.2 Å². The first-order chi connectivity index (χ1) is 7.36. The van der Waals surface area contributed by atoms with E-state index in [1.165, 1.54) is 4.88 Å². The Morgan fingerprint density at radius 3 is 2.67 bits per heavy atom. The Morgan fingerprint density at radius 1 is 1.07 bits per heavy atom. The molecular formula is C12H12ClNS. The predicted octanol–water partition coefficient (Wildman–Crippen LogP) is 3.69. The van der Waals surface area contributed by atoms with Crippen molar-refractivity contribution < 1.29 is 0 Å². The van der Waals surface area contributed by atoms with Crippen LogP contribution in [0.2, 0.25) is 5.02 Å². The number of benzene rings is 1. The highest BCUT2D eigenvalue weighted by Gasteiger charge is 1.98. The number of halogens is 1. The fourth-order valence-corrected chi connectivity index (χ4v) is 2.25. The van der Waals surface area contributed by atoms with Gasteiger partial charge in [0.15, 0.2) is 0 Å². The van der Waals surface area contributed by atoms with Gasteiger partial charge >= 0.3 is 0 Å². The van der Waals surface area contributed by atoms with Crippen molar-refractivity contribution in [1.29, 1.82) is 0 Å². The van der Waals surface area contributed by atoms with E-state index in [0.29, 0.717) is 0 Å². The Bertz CT molecular complexity index is 411. The molecule has 1 heterocycles. The fourth-order valence-electron chi connectivity index (χ4n) is 1.38. The molecule has 0 aliphatic heterocycles. The van der Waals surface area contributed by atoms with E-state index >= 15 is 0 Å². The van der Waals surface area contributed by atoms with Crippen molar-refractivity contribution in [3.63, 3.8) is 0 Å². The van der Waals surface area contributed by atoms with Gasteiger partial charge in [0.1, 0.15) is 0 Å². The van der Waals surface area contributed by atoms with Crippen molar-refractivity contribution in [2.24, 2.45) is 0 Å². The largest absolute Gasteiger partial charge is 0.308 e. The van der Waals surface area contributed by atoms with E-state index in [1.807, 2.05) is 24.3 Å². The van der Waals surface area contributed by atoms with Crippen molar-refractivity contribution in [3.8, 4) is 0 Å². The molecule has 0 amide bonds. The summed E-state index contributed by atoms with van der Waals surface area (Å²) >= 11 is 7.81.